The monoisotopic (exact) mass is 301 g/mol. The van der Waals surface area contributed by atoms with E-state index >= 15 is 0 Å². The van der Waals surface area contributed by atoms with E-state index in [1.54, 1.807) is 11.3 Å². The van der Waals surface area contributed by atoms with Crippen LogP contribution in [0.3, 0.4) is 0 Å². The number of hydrogen-bond donors (Lipinski definition) is 0. The molecule has 2 heterocycles. The molecule has 0 unspecified atom stereocenters. The van der Waals surface area contributed by atoms with Crippen LogP contribution in [-0.2, 0) is 12.8 Å². The highest BCUT2D eigenvalue weighted by Gasteiger charge is 2.12. The molecule has 2 aromatic rings. The zero-order chi connectivity index (χ0) is 13.1. The van der Waals surface area contributed by atoms with E-state index in [1.165, 1.54) is 0 Å². The Hall–Kier alpha value is -0.710. The molecule has 2 aromatic heterocycles. The molecule has 0 saturated heterocycles. The van der Waals surface area contributed by atoms with Crippen LogP contribution in [0.25, 0.3) is 0 Å². The predicted molar refractivity (Wildman–Crippen MR) is 75.7 cm³/mol. The lowest BCUT2D eigenvalue weighted by atomic mass is 10.2. The van der Waals surface area contributed by atoms with E-state index in [4.69, 9.17) is 23.2 Å². The van der Waals surface area contributed by atoms with Crippen molar-refractivity contribution in [3.63, 3.8) is 0 Å². The minimum absolute atomic E-state index is 0.457. The summed E-state index contributed by atoms with van der Waals surface area (Å²) in [5.74, 6) is 0.621. The van der Waals surface area contributed by atoms with E-state index in [9.17, 15) is 0 Å². The number of nitrogens with zero attached hydrogens (tertiary/aromatic N) is 3. The summed E-state index contributed by atoms with van der Waals surface area (Å²) in [7, 11) is 0. The summed E-state index contributed by atoms with van der Waals surface area (Å²) in [5.41, 5.74) is 1.78. The van der Waals surface area contributed by atoms with Crippen molar-refractivity contribution in [3.8, 4) is 0 Å². The fourth-order valence-electron chi connectivity index (χ4n) is 1.66. The topological polar surface area (TPSA) is 38.7 Å². The molecule has 0 fully saturated rings. The summed E-state index contributed by atoms with van der Waals surface area (Å²) >= 11 is 13.9. The number of hydrogen-bond acceptors (Lipinski definition) is 4. The highest BCUT2D eigenvalue weighted by Crippen LogP contribution is 2.23. The van der Waals surface area contributed by atoms with Gasteiger partial charge in [0.25, 0.3) is 0 Å². The van der Waals surface area contributed by atoms with Crippen LogP contribution >= 0.6 is 34.5 Å². The second kappa shape index (κ2) is 5.95. The van der Waals surface area contributed by atoms with Gasteiger partial charge >= 0.3 is 0 Å². The Morgan fingerprint density at radius 1 is 1.17 bits per heavy atom. The van der Waals surface area contributed by atoms with Crippen LogP contribution in [0.5, 0.6) is 0 Å². The fourth-order valence-corrected chi connectivity index (χ4v) is 2.88. The van der Waals surface area contributed by atoms with Crippen LogP contribution in [0, 0.1) is 6.92 Å². The van der Waals surface area contributed by atoms with E-state index in [-0.39, 0.29) is 0 Å². The maximum absolute atomic E-state index is 6.13. The molecular weight excluding hydrogens is 289 g/mol. The highest BCUT2D eigenvalue weighted by atomic mass is 35.5. The fraction of sp³-hybridized carbons (Fsp3) is 0.417. The van der Waals surface area contributed by atoms with Crippen LogP contribution in [0.2, 0.25) is 10.3 Å². The van der Waals surface area contributed by atoms with Gasteiger partial charge in [0.15, 0.2) is 0 Å². The third-order valence-corrected chi connectivity index (χ3v) is 3.91. The van der Waals surface area contributed by atoms with Crippen LogP contribution in [-0.4, -0.2) is 15.0 Å². The maximum Gasteiger partial charge on any atom is 0.137 e. The van der Waals surface area contributed by atoms with Gasteiger partial charge in [0.05, 0.1) is 17.1 Å². The van der Waals surface area contributed by atoms with Crippen molar-refractivity contribution in [1.82, 2.24) is 15.0 Å². The van der Waals surface area contributed by atoms with Crippen LogP contribution in [0.1, 0.15) is 35.4 Å². The minimum atomic E-state index is 0.457. The van der Waals surface area contributed by atoms with Gasteiger partial charge in [0, 0.05) is 10.9 Å². The van der Waals surface area contributed by atoms with Gasteiger partial charge in [0.1, 0.15) is 16.1 Å². The molecular formula is C12H13Cl2N3S. The van der Waals surface area contributed by atoms with E-state index in [0.717, 1.165) is 29.1 Å². The Bertz CT molecular complexity index is 531. The summed E-state index contributed by atoms with van der Waals surface area (Å²) in [6.07, 6.45) is 2.33. The molecule has 0 aliphatic heterocycles. The van der Waals surface area contributed by atoms with Crippen LogP contribution < -0.4 is 0 Å². The van der Waals surface area contributed by atoms with Gasteiger partial charge in [0.2, 0.25) is 0 Å². The van der Waals surface area contributed by atoms with Gasteiger partial charge in [-0.2, -0.15) is 0 Å². The SMILES string of the molecule is CCCc1c(Cl)nc(Cc2csc(C)n2)nc1Cl. The van der Waals surface area contributed by atoms with Crippen LogP contribution in [0.15, 0.2) is 5.38 Å². The smallest absolute Gasteiger partial charge is 0.137 e. The van der Waals surface area contributed by atoms with Crippen molar-refractivity contribution in [2.75, 3.05) is 0 Å². The summed E-state index contributed by atoms with van der Waals surface area (Å²) < 4.78 is 0. The molecule has 0 aliphatic carbocycles. The Labute approximate surface area is 120 Å². The van der Waals surface area contributed by atoms with Crippen molar-refractivity contribution >= 4 is 34.5 Å². The summed E-state index contributed by atoms with van der Waals surface area (Å²) in [5, 5.41) is 3.95. The van der Waals surface area contributed by atoms with Crippen molar-refractivity contribution in [2.24, 2.45) is 0 Å². The molecule has 0 amide bonds. The van der Waals surface area contributed by atoms with E-state index < -0.39 is 0 Å². The molecule has 96 valence electrons. The molecule has 0 spiro atoms. The summed E-state index contributed by atoms with van der Waals surface area (Å²) in [6.45, 7) is 4.04. The van der Waals surface area contributed by atoms with Crippen molar-refractivity contribution in [3.05, 3.63) is 37.8 Å². The molecule has 0 atom stereocenters. The van der Waals surface area contributed by atoms with E-state index in [2.05, 4.69) is 21.9 Å². The highest BCUT2D eigenvalue weighted by molar-refractivity contribution is 7.09. The zero-order valence-electron chi connectivity index (χ0n) is 10.2. The third kappa shape index (κ3) is 3.19. The number of thiazole rings is 1. The Kier molecular flexibility index (Phi) is 4.54. The molecule has 18 heavy (non-hydrogen) atoms. The molecule has 3 nitrogen and oxygen atoms in total. The van der Waals surface area contributed by atoms with Crippen LogP contribution in [0.4, 0.5) is 0 Å². The number of rotatable bonds is 4. The van der Waals surface area contributed by atoms with E-state index in [0.29, 0.717) is 22.6 Å². The minimum Gasteiger partial charge on any atom is -0.246 e. The third-order valence-electron chi connectivity index (χ3n) is 2.46. The van der Waals surface area contributed by atoms with Crippen molar-refractivity contribution in [1.29, 1.82) is 0 Å². The van der Waals surface area contributed by atoms with Crippen molar-refractivity contribution < 1.29 is 0 Å². The lowest BCUT2D eigenvalue weighted by Crippen LogP contribution is -2.02. The molecule has 0 radical (unpaired) electrons. The number of aromatic nitrogens is 3. The first-order valence-electron chi connectivity index (χ1n) is 5.72. The average Bonchev–Trinajstić information content (AvgIpc) is 2.69. The molecule has 0 aromatic carbocycles. The standard InChI is InChI=1S/C12H13Cl2N3S/c1-3-4-9-11(13)16-10(17-12(9)14)5-8-6-18-7(2)15-8/h6H,3-5H2,1-2H3. The summed E-state index contributed by atoms with van der Waals surface area (Å²) in [6, 6.07) is 0. The average molecular weight is 302 g/mol. The van der Waals surface area contributed by atoms with Gasteiger partial charge < -0.3 is 0 Å². The quantitative estimate of drug-likeness (QED) is 0.798. The molecule has 0 aliphatic rings. The molecule has 6 heteroatoms. The first kappa shape index (κ1) is 13.7. The van der Waals surface area contributed by atoms with Gasteiger partial charge in [-0.3, -0.25) is 0 Å². The second-order valence-electron chi connectivity index (χ2n) is 3.98. The molecule has 0 saturated carbocycles. The maximum atomic E-state index is 6.13. The van der Waals surface area contributed by atoms with E-state index in [1.807, 2.05) is 12.3 Å². The molecule has 0 bridgehead atoms. The largest absolute Gasteiger partial charge is 0.246 e. The second-order valence-corrected chi connectivity index (χ2v) is 5.76. The Morgan fingerprint density at radius 2 is 1.83 bits per heavy atom. The molecule has 0 N–H and O–H groups in total. The van der Waals surface area contributed by atoms with Gasteiger partial charge in [-0.25, -0.2) is 15.0 Å². The lowest BCUT2D eigenvalue weighted by Gasteiger charge is -2.06. The normalized spacial score (nSPS) is 10.9. The van der Waals surface area contributed by atoms with Gasteiger partial charge in [-0.1, -0.05) is 36.5 Å². The van der Waals surface area contributed by atoms with Gasteiger partial charge in [-0.05, 0) is 13.3 Å². The number of aryl methyl sites for hydroxylation is 1. The zero-order valence-corrected chi connectivity index (χ0v) is 12.5. The summed E-state index contributed by atoms with van der Waals surface area (Å²) in [4.78, 5) is 13.0. The van der Waals surface area contributed by atoms with Gasteiger partial charge in [-0.15, -0.1) is 11.3 Å². The lowest BCUT2D eigenvalue weighted by molar-refractivity contribution is 0.871. The Morgan fingerprint density at radius 3 is 2.33 bits per heavy atom. The predicted octanol–water partition coefficient (Wildman–Crippen LogP) is 4.09. The van der Waals surface area contributed by atoms with Crippen molar-refractivity contribution in [2.45, 2.75) is 33.1 Å². The molecule has 2 rings (SSSR count). The first-order chi connectivity index (χ1) is 8.60. The number of halogens is 2. The first-order valence-corrected chi connectivity index (χ1v) is 7.35. The Balaban J connectivity index is 2.25.